The van der Waals surface area contributed by atoms with Crippen LogP contribution in [0, 0.1) is 0 Å². The summed E-state index contributed by atoms with van der Waals surface area (Å²) in [7, 11) is 1.57. The van der Waals surface area contributed by atoms with Gasteiger partial charge in [-0.1, -0.05) is 36.4 Å². The van der Waals surface area contributed by atoms with Gasteiger partial charge in [-0.15, -0.1) is 0 Å². The van der Waals surface area contributed by atoms with Gasteiger partial charge in [-0.25, -0.2) is 9.78 Å². The molecule has 0 bridgehead atoms. The van der Waals surface area contributed by atoms with Gasteiger partial charge >= 0.3 is 5.97 Å². The van der Waals surface area contributed by atoms with Crippen LogP contribution in [-0.2, 0) is 14.3 Å². The number of carboxylic acid groups (broad SMARTS) is 1. The number of hydrogen-bond acceptors (Lipinski definition) is 7. The quantitative estimate of drug-likeness (QED) is 0.287. The van der Waals surface area contributed by atoms with E-state index in [0.717, 1.165) is 28.1 Å². The summed E-state index contributed by atoms with van der Waals surface area (Å²) in [6.07, 6.45) is 5.54. The highest BCUT2D eigenvalue weighted by Crippen LogP contribution is 2.43. The Hall–Kier alpha value is -3.34. The van der Waals surface area contributed by atoms with Crippen molar-refractivity contribution in [2.24, 2.45) is 0 Å². The second-order valence-corrected chi connectivity index (χ2v) is 10.00. The largest absolute Gasteiger partial charge is 0.479 e. The van der Waals surface area contributed by atoms with E-state index in [0.29, 0.717) is 48.2 Å². The van der Waals surface area contributed by atoms with Crippen LogP contribution in [0.1, 0.15) is 37.3 Å². The maximum Gasteiger partial charge on any atom is 0.335 e. The number of halogens is 1. The summed E-state index contributed by atoms with van der Waals surface area (Å²) in [4.78, 5) is 21.7. The van der Waals surface area contributed by atoms with Crippen molar-refractivity contribution in [3.05, 3.63) is 65.0 Å². The third-order valence-electron chi connectivity index (χ3n) is 7.03. The molecule has 0 spiro atoms. The molecule has 0 saturated heterocycles. The Labute approximate surface area is 222 Å². The molecule has 9 nitrogen and oxygen atoms in total. The Balaban J connectivity index is 1.44. The number of aliphatic carboxylic acids is 1. The topological polar surface area (TPSA) is 125 Å². The van der Waals surface area contributed by atoms with E-state index in [1.807, 2.05) is 48.7 Å². The van der Waals surface area contributed by atoms with Crippen LogP contribution in [-0.4, -0.2) is 56.6 Å². The smallest absolute Gasteiger partial charge is 0.335 e. The fourth-order valence-corrected chi connectivity index (χ4v) is 5.50. The van der Waals surface area contributed by atoms with E-state index in [9.17, 15) is 9.90 Å². The molecule has 0 amide bonds. The number of methoxy groups -OCH3 is 1. The van der Waals surface area contributed by atoms with Gasteiger partial charge in [-0.3, -0.25) is 4.98 Å². The van der Waals surface area contributed by atoms with Crippen LogP contribution in [0.2, 0.25) is 0 Å². The van der Waals surface area contributed by atoms with E-state index >= 15 is 0 Å². The summed E-state index contributed by atoms with van der Waals surface area (Å²) in [5.74, 6) is -0.457. The lowest BCUT2D eigenvalue weighted by Crippen LogP contribution is -2.45. The minimum atomic E-state index is -1.20. The molecule has 0 radical (unpaired) electrons. The number of nitrogens with two attached hydrogens (primary N) is 1. The lowest BCUT2D eigenvalue weighted by Gasteiger charge is -2.36. The first-order valence-corrected chi connectivity index (χ1v) is 12.9. The van der Waals surface area contributed by atoms with Crippen molar-refractivity contribution >= 4 is 33.4 Å². The molecular weight excluding hydrogens is 538 g/mol. The Morgan fingerprint density at radius 1 is 1.14 bits per heavy atom. The molecule has 0 atom stereocenters. The zero-order chi connectivity index (χ0) is 26.0. The number of ether oxygens (including phenoxy) is 2. The van der Waals surface area contributed by atoms with Crippen molar-refractivity contribution in [3.63, 3.8) is 0 Å². The highest BCUT2D eigenvalue weighted by atomic mass is 79.9. The maximum absolute atomic E-state index is 12.1. The molecule has 3 heterocycles. The lowest BCUT2D eigenvalue weighted by atomic mass is 9.77. The van der Waals surface area contributed by atoms with Crippen molar-refractivity contribution in [1.82, 2.24) is 19.6 Å². The molecule has 1 saturated carbocycles. The Morgan fingerprint density at radius 3 is 2.54 bits per heavy atom. The second-order valence-electron chi connectivity index (χ2n) is 9.20. The molecule has 0 aliphatic heterocycles. The summed E-state index contributed by atoms with van der Waals surface area (Å²) >= 11 is 3.62. The normalized spacial score (nSPS) is 19.8. The summed E-state index contributed by atoms with van der Waals surface area (Å²) in [6.45, 7) is 0.592. The highest BCUT2D eigenvalue weighted by molar-refractivity contribution is 9.10. The van der Waals surface area contributed by atoms with Crippen molar-refractivity contribution < 1.29 is 19.4 Å². The first-order chi connectivity index (χ1) is 17.9. The van der Waals surface area contributed by atoms with Gasteiger partial charge in [0, 0.05) is 35.9 Å². The lowest BCUT2D eigenvalue weighted by molar-refractivity contribution is -0.173. The number of nitrogen functional groups attached to an aromatic ring is 1. The monoisotopic (exact) mass is 565 g/mol. The number of rotatable bonds is 8. The Kier molecular flexibility index (Phi) is 7.23. The molecule has 3 aromatic heterocycles. The number of benzene rings is 1. The number of carbonyl (C=O) groups is 1. The van der Waals surface area contributed by atoms with Crippen molar-refractivity contribution in [2.45, 2.75) is 37.2 Å². The fraction of sp³-hybridized carbons (Fsp3) is 0.333. The molecule has 3 N–H and O–H groups in total. The number of aromatic nitrogens is 4. The predicted molar refractivity (Wildman–Crippen MR) is 143 cm³/mol. The molecule has 1 aromatic carbocycles. The van der Waals surface area contributed by atoms with Crippen LogP contribution in [0.15, 0.2) is 59.3 Å². The van der Waals surface area contributed by atoms with Gasteiger partial charge in [-0.2, -0.15) is 9.61 Å². The molecule has 4 aromatic rings. The van der Waals surface area contributed by atoms with Crippen LogP contribution in [0.4, 0.5) is 5.82 Å². The average molecular weight is 566 g/mol. The molecule has 5 rings (SSSR count). The van der Waals surface area contributed by atoms with E-state index in [2.05, 4.69) is 26.0 Å². The SMILES string of the molecule is COCCO[C@]1(C(=O)O)CC[C@@H](c2nc3c(-c4ccc(-c5ccccc5)nc4)cnn3c(N)c2Br)CC1. The fourth-order valence-electron chi connectivity index (χ4n) is 4.92. The first-order valence-electron chi connectivity index (χ1n) is 12.1. The zero-order valence-corrected chi connectivity index (χ0v) is 22.0. The Morgan fingerprint density at radius 2 is 1.89 bits per heavy atom. The summed E-state index contributed by atoms with van der Waals surface area (Å²) < 4.78 is 13.1. The van der Waals surface area contributed by atoms with Crippen LogP contribution in [0.25, 0.3) is 28.0 Å². The number of nitrogens with zero attached hydrogens (tertiary/aromatic N) is 4. The van der Waals surface area contributed by atoms with Crippen LogP contribution >= 0.6 is 15.9 Å². The van der Waals surface area contributed by atoms with Crippen molar-refractivity contribution in [2.75, 3.05) is 26.1 Å². The highest BCUT2D eigenvalue weighted by Gasteiger charge is 2.44. The summed E-state index contributed by atoms with van der Waals surface area (Å²) in [5.41, 5.74) is 10.3. The number of hydrogen-bond donors (Lipinski definition) is 2. The van der Waals surface area contributed by atoms with Gasteiger partial charge in [0.05, 0.1) is 35.3 Å². The van der Waals surface area contributed by atoms with E-state index in [1.165, 1.54) is 0 Å². The van der Waals surface area contributed by atoms with Crippen molar-refractivity contribution in [3.8, 4) is 22.4 Å². The van der Waals surface area contributed by atoms with E-state index < -0.39 is 11.6 Å². The summed E-state index contributed by atoms with van der Waals surface area (Å²) in [6, 6.07) is 14.0. The van der Waals surface area contributed by atoms with Gasteiger partial charge in [-0.05, 0) is 47.7 Å². The van der Waals surface area contributed by atoms with Gasteiger partial charge in [0.25, 0.3) is 0 Å². The van der Waals surface area contributed by atoms with Crippen LogP contribution < -0.4 is 5.73 Å². The molecule has 10 heteroatoms. The zero-order valence-electron chi connectivity index (χ0n) is 20.4. The van der Waals surface area contributed by atoms with E-state index in [-0.39, 0.29) is 12.5 Å². The number of pyridine rings is 1. The van der Waals surface area contributed by atoms with Gasteiger partial charge < -0.3 is 20.3 Å². The molecule has 192 valence electrons. The molecular formula is C27H28BrN5O4. The predicted octanol–water partition coefficient (Wildman–Crippen LogP) is 4.95. The minimum Gasteiger partial charge on any atom is -0.479 e. The first kappa shape index (κ1) is 25.3. The van der Waals surface area contributed by atoms with Crippen molar-refractivity contribution in [1.29, 1.82) is 0 Å². The van der Waals surface area contributed by atoms with E-state index in [4.69, 9.17) is 20.2 Å². The Bertz CT molecular complexity index is 1400. The minimum absolute atomic E-state index is 0.0292. The molecule has 1 aliphatic carbocycles. The third kappa shape index (κ3) is 4.84. The van der Waals surface area contributed by atoms with Gasteiger partial charge in [0.2, 0.25) is 0 Å². The van der Waals surface area contributed by atoms with Gasteiger partial charge in [0.1, 0.15) is 5.82 Å². The van der Waals surface area contributed by atoms with Crippen LogP contribution in [0.3, 0.4) is 0 Å². The average Bonchev–Trinajstić information content (AvgIpc) is 3.36. The standard InChI is InChI=1S/C27H28BrN5O4/c1-36-13-14-37-27(26(34)35)11-9-18(10-12-27)23-22(28)24(29)33-25(32-23)20(16-31-33)19-7-8-21(30-15-19)17-5-3-2-4-6-17/h2-8,15-16,18H,9-14,29H2,1H3,(H,34,35)/t18-,27-. The summed E-state index contributed by atoms with van der Waals surface area (Å²) in [5, 5.41) is 14.4. The molecule has 1 aliphatic rings. The maximum atomic E-state index is 12.1. The third-order valence-corrected chi connectivity index (χ3v) is 7.84. The van der Waals surface area contributed by atoms with Crippen LogP contribution in [0.5, 0.6) is 0 Å². The molecule has 1 fully saturated rings. The number of carboxylic acids is 1. The molecule has 37 heavy (non-hydrogen) atoms. The van der Waals surface area contributed by atoms with E-state index in [1.54, 1.807) is 17.8 Å². The van der Waals surface area contributed by atoms with Gasteiger partial charge in [0.15, 0.2) is 11.2 Å². The second kappa shape index (κ2) is 10.6. The number of anilines is 1. The molecule has 0 unspecified atom stereocenters. The number of fused-ring (bicyclic) bond motifs is 1.